The van der Waals surface area contributed by atoms with Crippen molar-refractivity contribution in [2.45, 2.75) is 44.3 Å². The first-order valence-corrected chi connectivity index (χ1v) is 9.54. The number of carbonyl (C=O) groups is 1. The third kappa shape index (κ3) is 3.08. The van der Waals surface area contributed by atoms with Crippen molar-refractivity contribution in [1.82, 2.24) is 9.88 Å². The van der Waals surface area contributed by atoms with Crippen LogP contribution in [-0.2, 0) is 4.74 Å². The van der Waals surface area contributed by atoms with Crippen molar-refractivity contribution >= 4 is 28.4 Å². The molecule has 1 atom stereocenters. The largest absolute Gasteiger partial charge is 0.390 e. The van der Waals surface area contributed by atoms with Gasteiger partial charge in [0.1, 0.15) is 0 Å². The highest BCUT2D eigenvalue weighted by Gasteiger charge is 2.44. The van der Waals surface area contributed by atoms with E-state index in [-0.39, 0.29) is 5.91 Å². The zero-order chi connectivity index (χ0) is 18.3. The molecular weight excluding hydrogens is 352 g/mol. The van der Waals surface area contributed by atoms with Crippen LogP contribution in [0.4, 0.5) is 0 Å². The van der Waals surface area contributed by atoms with Gasteiger partial charge in [-0.1, -0.05) is 17.7 Å². The molecule has 26 heavy (non-hydrogen) atoms. The molecule has 0 bridgehead atoms. The SMILES string of the molecule is Cc1cc(C(=O)N2CCC3(CC2)OCCCC3O)c2ccc(Cl)cc2n1. The van der Waals surface area contributed by atoms with Crippen LogP contribution in [0.15, 0.2) is 24.3 Å². The molecule has 0 aliphatic carbocycles. The molecule has 0 saturated carbocycles. The molecule has 1 aromatic carbocycles. The zero-order valence-corrected chi connectivity index (χ0v) is 15.6. The molecule has 5 nitrogen and oxygen atoms in total. The summed E-state index contributed by atoms with van der Waals surface area (Å²) in [6.45, 7) is 3.76. The van der Waals surface area contributed by atoms with E-state index in [4.69, 9.17) is 16.3 Å². The Hall–Kier alpha value is -1.69. The number of aliphatic hydroxyl groups is 1. The van der Waals surface area contributed by atoms with Crippen molar-refractivity contribution in [1.29, 1.82) is 0 Å². The topological polar surface area (TPSA) is 62.7 Å². The summed E-state index contributed by atoms with van der Waals surface area (Å²) in [6, 6.07) is 7.28. The van der Waals surface area contributed by atoms with E-state index in [2.05, 4.69) is 4.98 Å². The molecule has 3 heterocycles. The molecule has 0 radical (unpaired) electrons. The van der Waals surface area contributed by atoms with Crippen LogP contribution in [0.2, 0.25) is 5.02 Å². The molecule has 4 rings (SSSR count). The Morgan fingerprint density at radius 1 is 1.35 bits per heavy atom. The van der Waals surface area contributed by atoms with Crippen LogP contribution in [0.3, 0.4) is 0 Å². The van der Waals surface area contributed by atoms with Gasteiger partial charge in [-0.3, -0.25) is 9.78 Å². The number of amides is 1. The molecule has 6 heteroatoms. The second-order valence-corrected chi connectivity index (χ2v) is 7.77. The number of nitrogens with zero attached hydrogens (tertiary/aromatic N) is 2. The van der Waals surface area contributed by atoms with E-state index in [1.54, 1.807) is 12.1 Å². The molecule has 138 valence electrons. The summed E-state index contributed by atoms with van der Waals surface area (Å²) >= 11 is 6.07. The number of halogens is 1. The third-order valence-corrected chi connectivity index (χ3v) is 5.88. The van der Waals surface area contributed by atoms with Gasteiger partial charge in [-0.15, -0.1) is 0 Å². The van der Waals surface area contributed by atoms with Gasteiger partial charge in [-0.25, -0.2) is 0 Å². The Morgan fingerprint density at radius 2 is 2.12 bits per heavy atom. The molecule has 1 aromatic heterocycles. The van der Waals surface area contributed by atoms with Gasteiger partial charge in [0.15, 0.2) is 0 Å². The number of aromatic nitrogens is 1. The molecule has 2 aliphatic rings. The van der Waals surface area contributed by atoms with Gasteiger partial charge in [0.05, 0.1) is 22.8 Å². The van der Waals surface area contributed by atoms with Gasteiger partial charge >= 0.3 is 0 Å². The molecule has 1 spiro atoms. The van der Waals surface area contributed by atoms with E-state index < -0.39 is 11.7 Å². The number of ether oxygens (including phenoxy) is 1. The summed E-state index contributed by atoms with van der Waals surface area (Å²) in [4.78, 5) is 19.5. The number of pyridine rings is 1. The van der Waals surface area contributed by atoms with E-state index in [1.807, 2.05) is 24.0 Å². The van der Waals surface area contributed by atoms with Gasteiger partial charge in [-0.2, -0.15) is 0 Å². The summed E-state index contributed by atoms with van der Waals surface area (Å²) in [5.41, 5.74) is 1.71. The maximum atomic E-state index is 13.2. The van der Waals surface area contributed by atoms with Crippen LogP contribution in [0, 0.1) is 6.92 Å². The molecule has 1 unspecified atom stereocenters. The predicted molar refractivity (Wildman–Crippen MR) is 101 cm³/mol. The van der Waals surface area contributed by atoms with E-state index in [0.717, 1.165) is 29.4 Å². The standard InChI is InChI=1S/C20H23ClN2O3/c1-13-11-16(15-5-4-14(21)12-17(15)22-13)19(25)23-8-6-20(7-9-23)18(24)3-2-10-26-20/h4-5,11-12,18,24H,2-3,6-10H2,1H3. The lowest BCUT2D eigenvalue weighted by molar-refractivity contribution is -0.174. The van der Waals surface area contributed by atoms with Crippen molar-refractivity contribution in [2.75, 3.05) is 19.7 Å². The Labute approximate surface area is 157 Å². The van der Waals surface area contributed by atoms with Gasteiger partial charge in [0, 0.05) is 35.8 Å². The lowest BCUT2D eigenvalue weighted by Crippen LogP contribution is -2.56. The number of hydrogen-bond acceptors (Lipinski definition) is 4. The van der Waals surface area contributed by atoms with Crippen LogP contribution in [-0.4, -0.2) is 52.3 Å². The summed E-state index contributed by atoms with van der Waals surface area (Å²) < 4.78 is 5.94. The fraction of sp³-hybridized carbons (Fsp3) is 0.500. The maximum absolute atomic E-state index is 13.2. The Balaban J connectivity index is 1.58. The van der Waals surface area contributed by atoms with Crippen LogP contribution in [0.5, 0.6) is 0 Å². The molecule has 2 fully saturated rings. The van der Waals surface area contributed by atoms with E-state index in [9.17, 15) is 9.90 Å². The first-order chi connectivity index (χ1) is 12.5. The molecule has 1 amide bonds. The number of hydrogen-bond donors (Lipinski definition) is 1. The highest BCUT2D eigenvalue weighted by Crippen LogP contribution is 2.36. The Bertz CT molecular complexity index is 841. The zero-order valence-electron chi connectivity index (χ0n) is 14.9. The number of aliphatic hydroxyl groups excluding tert-OH is 1. The quantitative estimate of drug-likeness (QED) is 0.831. The minimum Gasteiger partial charge on any atom is -0.390 e. The summed E-state index contributed by atoms with van der Waals surface area (Å²) in [7, 11) is 0. The van der Waals surface area contributed by atoms with Gasteiger partial charge in [0.25, 0.3) is 5.91 Å². The molecule has 2 aromatic rings. The van der Waals surface area contributed by atoms with Crippen LogP contribution < -0.4 is 0 Å². The lowest BCUT2D eigenvalue weighted by Gasteiger charge is -2.46. The van der Waals surface area contributed by atoms with Gasteiger partial charge < -0.3 is 14.7 Å². The highest BCUT2D eigenvalue weighted by atomic mass is 35.5. The maximum Gasteiger partial charge on any atom is 0.254 e. The van der Waals surface area contributed by atoms with Crippen LogP contribution in [0.25, 0.3) is 10.9 Å². The van der Waals surface area contributed by atoms with Crippen molar-refractivity contribution in [3.8, 4) is 0 Å². The monoisotopic (exact) mass is 374 g/mol. The van der Waals surface area contributed by atoms with Crippen molar-refractivity contribution in [3.05, 3.63) is 40.5 Å². The smallest absolute Gasteiger partial charge is 0.254 e. The number of benzene rings is 1. The average molecular weight is 375 g/mol. The van der Waals surface area contributed by atoms with Crippen LogP contribution >= 0.6 is 11.6 Å². The fourth-order valence-electron chi connectivity index (χ4n) is 4.16. The summed E-state index contributed by atoms with van der Waals surface area (Å²) in [5, 5.41) is 11.8. The molecule has 2 aliphatic heterocycles. The Morgan fingerprint density at radius 3 is 2.85 bits per heavy atom. The normalized spacial score (nSPS) is 22.7. The minimum absolute atomic E-state index is 0.00275. The van der Waals surface area contributed by atoms with Crippen molar-refractivity contribution < 1.29 is 14.6 Å². The van der Waals surface area contributed by atoms with E-state index in [1.165, 1.54) is 0 Å². The van der Waals surface area contributed by atoms with Crippen molar-refractivity contribution in [2.24, 2.45) is 0 Å². The number of likely N-dealkylation sites (tertiary alicyclic amines) is 1. The molecular formula is C20H23ClN2O3. The lowest BCUT2D eigenvalue weighted by atomic mass is 9.82. The number of carbonyl (C=O) groups excluding carboxylic acids is 1. The van der Waals surface area contributed by atoms with Crippen molar-refractivity contribution in [3.63, 3.8) is 0 Å². The number of fused-ring (bicyclic) bond motifs is 1. The number of aryl methyl sites for hydroxylation is 1. The second kappa shape index (κ2) is 6.80. The summed E-state index contributed by atoms with van der Waals surface area (Å²) in [5.74, 6) is 0.00275. The fourth-order valence-corrected chi connectivity index (χ4v) is 4.32. The first kappa shape index (κ1) is 17.7. The number of piperidine rings is 1. The predicted octanol–water partition coefficient (Wildman–Crippen LogP) is 3.34. The molecule has 2 saturated heterocycles. The summed E-state index contributed by atoms with van der Waals surface area (Å²) in [6.07, 6.45) is 2.60. The van der Waals surface area contributed by atoms with E-state index in [0.29, 0.717) is 43.1 Å². The van der Waals surface area contributed by atoms with Gasteiger partial charge in [0.2, 0.25) is 0 Å². The Kier molecular flexibility index (Phi) is 4.63. The number of rotatable bonds is 1. The average Bonchev–Trinajstić information content (AvgIpc) is 2.63. The van der Waals surface area contributed by atoms with E-state index >= 15 is 0 Å². The van der Waals surface area contributed by atoms with Crippen LogP contribution in [0.1, 0.15) is 41.7 Å². The second-order valence-electron chi connectivity index (χ2n) is 7.34. The highest BCUT2D eigenvalue weighted by molar-refractivity contribution is 6.31. The first-order valence-electron chi connectivity index (χ1n) is 9.17. The van der Waals surface area contributed by atoms with Gasteiger partial charge in [-0.05, 0) is 50.8 Å². The minimum atomic E-state index is -0.473. The third-order valence-electron chi connectivity index (χ3n) is 5.65. The molecule has 1 N–H and O–H groups in total.